The highest BCUT2D eigenvalue weighted by Crippen LogP contribution is 2.25. The Labute approximate surface area is 167 Å². The van der Waals surface area contributed by atoms with Crippen LogP contribution in [0.2, 0.25) is 5.02 Å². The van der Waals surface area contributed by atoms with Crippen LogP contribution >= 0.6 is 11.6 Å². The maximum atomic E-state index is 12.8. The number of carbonyl (C=O) groups excluding carboxylic acids is 1. The molecule has 0 saturated heterocycles. The Kier molecular flexibility index (Phi) is 8.32. The average Bonchev–Trinajstić information content (AvgIpc) is 2.66. The average molecular weight is 408 g/mol. The van der Waals surface area contributed by atoms with Crippen LogP contribution in [0.5, 0.6) is 0 Å². The van der Waals surface area contributed by atoms with Gasteiger partial charge in [-0.2, -0.15) is 0 Å². The summed E-state index contributed by atoms with van der Waals surface area (Å²) < 4.78 is 27.4. The standard InChI is InChI=1S/C21H26ClNO3S/c1-2-3-4-5-6-10-15-27(25,26)23-20-14-13-18(22)16-19(20)21(24)17-11-8-7-9-12-17/h7-9,11-14,16,23H,2-6,10,15H2,1H3. The van der Waals surface area contributed by atoms with Crippen molar-refractivity contribution in [2.75, 3.05) is 10.5 Å². The lowest BCUT2D eigenvalue weighted by Gasteiger charge is -2.13. The van der Waals surface area contributed by atoms with Crippen LogP contribution < -0.4 is 4.72 Å². The van der Waals surface area contributed by atoms with Gasteiger partial charge in [0.25, 0.3) is 0 Å². The number of rotatable bonds is 11. The van der Waals surface area contributed by atoms with Crippen LogP contribution in [0.3, 0.4) is 0 Å². The fraction of sp³-hybridized carbons (Fsp3) is 0.381. The first kappa shape index (κ1) is 21.5. The first-order valence-corrected chi connectivity index (χ1v) is 11.4. The van der Waals surface area contributed by atoms with Crippen molar-refractivity contribution >= 4 is 33.1 Å². The molecule has 1 N–H and O–H groups in total. The van der Waals surface area contributed by atoms with Gasteiger partial charge in [-0.1, -0.05) is 81.0 Å². The molecule has 0 spiro atoms. The van der Waals surface area contributed by atoms with E-state index in [1.165, 1.54) is 18.6 Å². The lowest BCUT2D eigenvalue weighted by Crippen LogP contribution is -2.19. The molecule has 0 saturated carbocycles. The Morgan fingerprint density at radius 1 is 0.963 bits per heavy atom. The highest BCUT2D eigenvalue weighted by atomic mass is 35.5. The third kappa shape index (κ3) is 7.00. The molecule has 0 radical (unpaired) electrons. The lowest BCUT2D eigenvalue weighted by atomic mass is 10.0. The van der Waals surface area contributed by atoms with Crippen molar-refractivity contribution in [3.63, 3.8) is 0 Å². The largest absolute Gasteiger partial charge is 0.289 e. The zero-order valence-corrected chi connectivity index (χ0v) is 17.2. The SMILES string of the molecule is CCCCCCCCS(=O)(=O)Nc1ccc(Cl)cc1C(=O)c1ccccc1. The van der Waals surface area contributed by atoms with Crippen LogP contribution in [-0.4, -0.2) is 20.0 Å². The van der Waals surface area contributed by atoms with Crippen molar-refractivity contribution in [1.82, 2.24) is 0 Å². The molecule has 2 rings (SSSR count). The highest BCUT2D eigenvalue weighted by Gasteiger charge is 2.18. The van der Waals surface area contributed by atoms with E-state index in [0.717, 1.165) is 25.7 Å². The monoisotopic (exact) mass is 407 g/mol. The second kappa shape index (κ2) is 10.5. The van der Waals surface area contributed by atoms with E-state index in [1.54, 1.807) is 30.3 Å². The first-order valence-electron chi connectivity index (χ1n) is 9.33. The normalized spacial score (nSPS) is 11.3. The van der Waals surface area contributed by atoms with Crippen molar-refractivity contribution in [3.05, 3.63) is 64.7 Å². The van der Waals surface area contributed by atoms with Gasteiger partial charge >= 0.3 is 0 Å². The van der Waals surface area contributed by atoms with E-state index in [-0.39, 0.29) is 22.8 Å². The summed E-state index contributed by atoms with van der Waals surface area (Å²) in [5.41, 5.74) is 0.996. The van der Waals surface area contributed by atoms with Gasteiger partial charge in [0.05, 0.1) is 11.4 Å². The summed E-state index contributed by atoms with van der Waals surface area (Å²) in [7, 11) is -3.52. The minimum Gasteiger partial charge on any atom is -0.289 e. The zero-order valence-electron chi connectivity index (χ0n) is 15.6. The lowest BCUT2D eigenvalue weighted by molar-refractivity contribution is 0.103. The highest BCUT2D eigenvalue weighted by molar-refractivity contribution is 7.92. The summed E-state index contributed by atoms with van der Waals surface area (Å²) in [6.07, 6.45) is 6.01. The fourth-order valence-electron chi connectivity index (χ4n) is 2.83. The molecule has 146 valence electrons. The minimum absolute atomic E-state index is 0.0424. The number of hydrogen-bond donors (Lipinski definition) is 1. The molecule has 0 unspecified atom stereocenters. The van der Waals surface area contributed by atoms with Crippen molar-refractivity contribution in [3.8, 4) is 0 Å². The van der Waals surface area contributed by atoms with Crippen molar-refractivity contribution in [2.45, 2.75) is 45.4 Å². The Bertz CT molecular complexity index is 851. The molecule has 2 aromatic rings. The molecule has 0 bridgehead atoms. The quantitative estimate of drug-likeness (QED) is 0.385. The Hall–Kier alpha value is -1.85. The number of carbonyl (C=O) groups is 1. The molecule has 27 heavy (non-hydrogen) atoms. The fourth-order valence-corrected chi connectivity index (χ4v) is 4.20. The number of nitrogens with one attached hydrogen (secondary N) is 1. The number of anilines is 1. The molecule has 0 aliphatic carbocycles. The summed E-state index contributed by atoms with van der Waals surface area (Å²) in [5, 5.41) is 0.383. The van der Waals surface area contributed by atoms with E-state index < -0.39 is 10.0 Å². The second-order valence-electron chi connectivity index (χ2n) is 6.57. The van der Waals surface area contributed by atoms with E-state index in [9.17, 15) is 13.2 Å². The summed E-state index contributed by atoms with van der Waals surface area (Å²) >= 11 is 6.03. The predicted octanol–water partition coefficient (Wildman–Crippen LogP) is 5.67. The molecule has 2 aromatic carbocycles. The van der Waals surface area contributed by atoms with Crippen LogP contribution in [0.1, 0.15) is 61.4 Å². The van der Waals surface area contributed by atoms with Gasteiger partial charge in [0, 0.05) is 16.1 Å². The number of unbranched alkanes of at least 4 members (excludes halogenated alkanes) is 5. The molecule has 0 atom stereocenters. The molecule has 0 aliphatic rings. The first-order chi connectivity index (χ1) is 12.9. The Morgan fingerprint density at radius 3 is 2.33 bits per heavy atom. The number of sulfonamides is 1. The van der Waals surface area contributed by atoms with Gasteiger partial charge in [-0.15, -0.1) is 0 Å². The third-order valence-electron chi connectivity index (χ3n) is 4.29. The van der Waals surface area contributed by atoms with Gasteiger partial charge in [-0.05, 0) is 24.6 Å². The molecule has 6 heteroatoms. The molecular formula is C21H26ClNO3S. The summed E-state index contributed by atoms with van der Waals surface area (Å²) in [4.78, 5) is 12.8. The topological polar surface area (TPSA) is 63.2 Å². The van der Waals surface area contributed by atoms with Gasteiger partial charge in [-0.25, -0.2) is 8.42 Å². The summed E-state index contributed by atoms with van der Waals surface area (Å²) in [5.74, 6) is -0.226. The number of hydrogen-bond acceptors (Lipinski definition) is 3. The van der Waals surface area contributed by atoms with Crippen molar-refractivity contribution < 1.29 is 13.2 Å². The van der Waals surface area contributed by atoms with E-state index in [2.05, 4.69) is 11.6 Å². The Balaban J connectivity index is 2.08. The molecule has 4 nitrogen and oxygen atoms in total. The predicted molar refractivity (Wildman–Crippen MR) is 112 cm³/mol. The van der Waals surface area contributed by atoms with Crippen LogP contribution in [0.25, 0.3) is 0 Å². The Morgan fingerprint density at radius 2 is 1.63 bits per heavy atom. The zero-order chi connectivity index (χ0) is 19.7. The van der Waals surface area contributed by atoms with Gasteiger partial charge in [-0.3, -0.25) is 9.52 Å². The van der Waals surface area contributed by atoms with Gasteiger partial charge in [0.1, 0.15) is 0 Å². The third-order valence-corrected chi connectivity index (χ3v) is 5.89. The number of benzene rings is 2. The maximum absolute atomic E-state index is 12.8. The molecule has 0 aromatic heterocycles. The van der Waals surface area contributed by atoms with Crippen LogP contribution in [0.4, 0.5) is 5.69 Å². The smallest absolute Gasteiger partial charge is 0.232 e. The second-order valence-corrected chi connectivity index (χ2v) is 8.85. The molecule has 0 fully saturated rings. The molecule has 0 amide bonds. The molecule has 0 aliphatic heterocycles. The van der Waals surface area contributed by atoms with Crippen LogP contribution in [0.15, 0.2) is 48.5 Å². The molecule has 0 heterocycles. The van der Waals surface area contributed by atoms with Crippen LogP contribution in [-0.2, 0) is 10.0 Å². The van der Waals surface area contributed by atoms with Crippen molar-refractivity contribution in [1.29, 1.82) is 0 Å². The minimum atomic E-state index is -3.52. The number of halogens is 1. The van der Waals surface area contributed by atoms with E-state index >= 15 is 0 Å². The van der Waals surface area contributed by atoms with Gasteiger partial charge in [0.2, 0.25) is 10.0 Å². The van der Waals surface area contributed by atoms with Crippen molar-refractivity contribution in [2.24, 2.45) is 0 Å². The maximum Gasteiger partial charge on any atom is 0.232 e. The molecular weight excluding hydrogens is 382 g/mol. The van der Waals surface area contributed by atoms with Gasteiger partial charge in [0.15, 0.2) is 5.78 Å². The van der Waals surface area contributed by atoms with E-state index in [1.807, 2.05) is 6.07 Å². The van der Waals surface area contributed by atoms with E-state index in [4.69, 9.17) is 11.6 Å². The van der Waals surface area contributed by atoms with Crippen LogP contribution in [0, 0.1) is 0 Å². The summed E-state index contributed by atoms with van der Waals surface area (Å²) in [6, 6.07) is 13.3. The summed E-state index contributed by atoms with van der Waals surface area (Å²) in [6.45, 7) is 2.15. The van der Waals surface area contributed by atoms with Gasteiger partial charge < -0.3 is 0 Å². The number of ketones is 1. The van der Waals surface area contributed by atoms with E-state index in [0.29, 0.717) is 17.0 Å².